The van der Waals surface area contributed by atoms with E-state index >= 15 is 0 Å². The number of rotatable bonds is 4. The summed E-state index contributed by atoms with van der Waals surface area (Å²) in [7, 11) is 1.56. The van der Waals surface area contributed by atoms with Gasteiger partial charge in [0.05, 0.1) is 23.2 Å². The van der Waals surface area contributed by atoms with Crippen LogP contribution in [0.25, 0.3) is 0 Å². The molecule has 30 heavy (non-hydrogen) atoms. The maximum atomic E-state index is 12.0. The SMILES string of the molecule is CNC(=O)c1cnc(NC2CCN(C(=O)O)[C@@H]2C2C3CC4C[C@H]2C[C@@](O)(C4)C3)nc1. The molecule has 1 aromatic heterocycles. The molecule has 5 fully saturated rings. The Hall–Kier alpha value is -2.42. The van der Waals surface area contributed by atoms with Gasteiger partial charge in [-0.2, -0.15) is 0 Å². The van der Waals surface area contributed by atoms with Crippen molar-refractivity contribution in [2.45, 2.75) is 56.2 Å². The molecular weight excluding hydrogens is 386 g/mol. The van der Waals surface area contributed by atoms with E-state index in [4.69, 9.17) is 0 Å². The molecule has 4 saturated carbocycles. The lowest BCUT2D eigenvalue weighted by molar-refractivity contribution is -0.162. The molecule has 2 amide bonds. The average Bonchev–Trinajstić information content (AvgIpc) is 3.10. The van der Waals surface area contributed by atoms with E-state index < -0.39 is 11.7 Å². The van der Waals surface area contributed by atoms with E-state index in [9.17, 15) is 19.8 Å². The third kappa shape index (κ3) is 3.19. The first kappa shape index (κ1) is 19.5. The summed E-state index contributed by atoms with van der Waals surface area (Å²) in [5.74, 6) is 1.73. The van der Waals surface area contributed by atoms with E-state index in [1.807, 2.05) is 0 Å². The maximum Gasteiger partial charge on any atom is 0.407 e. The molecule has 9 nitrogen and oxygen atoms in total. The van der Waals surface area contributed by atoms with Crippen LogP contribution in [0.1, 0.15) is 48.9 Å². The Morgan fingerprint density at radius 1 is 1.17 bits per heavy atom. The number of aliphatic hydroxyl groups is 1. The van der Waals surface area contributed by atoms with Crippen molar-refractivity contribution in [2.24, 2.45) is 23.7 Å². The molecule has 5 aliphatic rings. The number of amides is 2. The molecule has 4 unspecified atom stereocenters. The number of likely N-dealkylation sites (tertiary alicyclic amines) is 1. The second kappa shape index (κ2) is 7.08. The second-order valence-corrected chi connectivity index (χ2v) is 9.65. The van der Waals surface area contributed by atoms with Crippen LogP contribution in [0.2, 0.25) is 0 Å². The molecule has 6 rings (SSSR count). The van der Waals surface area contributed by atoms with Crippen LogP contribution in [0, 0.1) is 23.7 Å². The van der Waals surface area contributed by atoms with Gasteiger partial charge in [-0.25, -0.2) is 14.8 Å². The number of nitrogens with zero attached hydrogens (tertiary/aromatic N) is 3. The number of anilines is 1. The van der Waals surface area contributed by atoms with Gasteiger partial charge in [0, 0.05) is 26.0 Å². The van der Waals surface area contributed by atoms with Crippen molar-refractivity contribution in [1.29, 1.82) is 0 Å². The number of carbonyl (C=O) groups excluding carboxylic acids is 1. The molecule has 1 aliphatic heterocycles. The number of hydrogen-bond acceptors (Lipinski definition) is 6. The van der Waals surface area contributed by atoms with Crippen LogP contribution in [0.4, 0.5) is 10.7 Å². The number of carbonyl (C=O) groups is 2. The first-order valence-corrected chi connectivity index (χ1v) is 10.9. The molecular formula is C21H29N5O4. The summed E-state index contributed by atoms with van der Waals surface area (Å²) >= 11 is 0. The van der Waals surface area contributed by atoms with Crippen LogP contribution in [-0.2, 0) is 0 Å². The first-order valence-electron chi connectivity index (χ1n) is 10.9. The van der Waals surface area contributed by atoms with Gasteiger partial charge >= 0.3 is 6.09 Å². The zero-order valence-electron chi connectivity index (χ0n) is 17.1. The summed E-state index contributed by atoms with van der Waals surface area (Å²) in [6, 6.07) is -0.229. The quantitative estimate of drug-likeness (QED) is 0.587. The smallest absolute Gasteiger partial charge is 0.407 e. The molecule has 162 valence electrons. The molecule has 1 saturated heterocycles. The van der Waals surface area contributed by atoms with Gasteiger partial charge < -0.3 is 25.7 Å². The van der Waals surface area contributed by atoms with Crippen molar-refractivity contribution in [2.75, 3.05) is 18.9 Å². The highest BCUT2D eigenvalue weighted by molar-refractivity contribution is 5.93. The zero-order chi connectivity index (χ0) is 21.0. The van der Waals surface area contributed by atoms with E-state index in [-0.39, 0.29) is 23.9 Å². The predicted molar refractivity (Wildman–Crippen MR) is 108 cm³/mol. The highest BCUT2D eigenvalue weighted by Gasteiger charge is 2.59. The Bertz CT molecular complexity index is 830. The lowest BCUT2D eigenvalue weighted by Gasteiger charge is -2.60. The van der Waals surface area contributed by atoms with Crippen molar-refractivity contribution >= 4 is 17.9 Å². The topological polar surface area (TPSA) is 128 Å². The number of carboxylic acid groups (broad SMARTS) is 1. The molecule has 0 aromatic carbocycles. The average molecular weight is 415 g/mol. The zero-order valence-corrected chi connectivity index (χ0v) is 17.1. The lowest BCUT2D eigenvalue weighted by Crippen LogP contribution is -2.61. The highest BCUT2D eigenvalue weighted by Crippen LogP contribution is 2.60. The van der Waals surface area contributed by atoms with Gasteiger partial charge in [-0.05, 0) is 62.2 Å². The van der Waals surface area contributed by atoms with Crippen LogP contribution < -0.4 is 10.6 Å². The normalized spacial score (nSPS) is 39.2. The minimum absolute atomic E-state index is 0.0795. The fourth-order valence-corrected chi connectivity index (χ4v) is 7.08. The summed E-state index contributed by atoms with van der Waals surface area (Å²) in [6.45, 7) is 0.484. The Labute approximate surface area is 175 Å². The summed E-state index contributed by atoms with van der Waals surface area (Å²) < 4.78 is 0. The third-order valence-electron chi connectivity index (χ3n) is 7.86. The van der Waals surface area contributed by atoms with E-state index in [0.717, 1.165) is 32.1 Å². The minimum atomic E-state index is -0.882. The van der Waals surface area contributed by atoms with Gasteiger partial charge in [0.1, 0.15) is 0 Å². The van der Waals surface area contributed by atoms with Crippen LogP contribution in [0.5, 0.6) is 0 Å². The van der Waals surface area contributed by atoms with Crippen molar-refractivity contribution in [1.82, 2.24) is 20.2 Å². The molecule has 9 heteroatoms. The Kier molecular flexibility index (Phi) is 4.61. The van der Waals surface area contributed by atoms with Gasteiger partial charge in [-0.15, -0.1) is 0 Å². The molecule has 7 atom stereocenters. The summed E-state index contributed by atoms with van der Waals surface area (Å²) in [5.41, 5.74) is -0.158. The molecule has 2 heterocycles. The van der Waals surface area contributed by atoms with E-state index in [1.54, 1.807) is 11.9 Å². The van der Waals surface area contributed by atoms with Crippen LogP contribution in [0.15, 0.2) is 12.4 Å². The van der Waals surface area contributed by atoms with Crippen molar-refractivity contribution in [3.63, 3.8) is 0 Å². The predicted octanol–water partition coefficient (Wildman–Crippen LogP) is 1.56. The Balaban J connectivity index is 1.39. The van der Waals surface area contributed by atoms with Crippen molar-refractivity contribution < 1.29 is 19.8 Å². The largest absolute Gasteiger partial charge is 0.465 e. The van der Waals surface area contributed by atoms with Gasteiger partial charge in [-0.3, -0.25) is 4.79 Å². The second-order valence-electron chi connectivity index (χ2n) is 9.65. The van der Waals surface area contributed by atoms with Gasteiger partial charge in [-0.1, -0.05) is 0 Å². The molecule has 4 bridgehead atoms. The van der Waals surface area contributed by atoms with E-state index in [0.29, 0.717) is 42.2 Å². The molecule has 4 N–H and O–H groups in total. The summed E-state index contributed by atoms with van der Waals surface area (Å²) in [6.07, 6.45) is 7.45. The van der Waals surface area contributed by atoms with Gasteiger partial charge in [0.15, 0.2) is 0 Å². The first-order chi connectivity index (χ1) is 14.4. The maximum absolute atomic E-state index is 12.0. The van der Waals surface area contributed by atoms with E-state index in [2.05, 4.69) is 20.6 Å². The highest BCUT2D eigenvalue weighted by atomic mass is 16.4. The molecule has 1 aromatic rings. The molecule has 0 radical (unpaired) electrons. The number of hydrogen-bond donors (Lipinski definition) is 4. The monoisotopic (exact) mass is 415 g/mol. The number of aromatic nitrogens is 2. The minimum Gasteiger partial charge on any atom is -0.465 e. The number of nitrogens with one attached hydrogen (secondary N) is 2. The standard InChI is InChI=1S/C21H29N5O4/c1-22-18(27)14-9-23-19(24-10-14)25-15-2-3-26(20(28)29)17(15)16-12-4-11-5-13(16)8-21(30,6-11)7-12/h9-13,15-17,30H,2-8H2,1H3,(H,22,27)(H,28,29)(H,23,24,25)/t11?,12-,13?,15?,16?,17-,21-/m0/s1. The lowest BCUT2D eigenvalue weighted by atomic mass is 9.48. The van der Waals surface area contributed by atoms with E-state index in [1.165, 1.54) is 12.4 Å². The van der Waals surface area contributed by atoms with Crippen molar-refractivity contribution in [3.8, 4) is 0 Å². The Morgan fingerprint density at radius 2 is 1.83 bits per heavy atom. The van der Waals surface area contributed by atoms with Crippen LogP contribution in [0.3, 0.4) is 0 Å². The fourth-order valence-electron chi connectivity index (χ4n) is 7.08. The summed E-state index contributed by atoms with van der Waals surface area (Å²) in [5, 5.41) is 26.7. The molecule has 4 aliphatic carbocycles. The van der Waals surface area contributed by atoms with Crippen LogP contribution in [-0.4, -0.2) is 68.4 Å². The third-order valence-corrected chi connectivity index (χ3v) is 7.86. The fraction of sp³-hybridized carbons (Fsp3) is 0.714. The van der Waals surface area contributed by atoms with Gasteiger partial charge in [0.25, 0.3) is 5.91 Å². The van der Waals surface area contributed by atoms with Crippen molar-refractivity contribution in [3.05, 3.63) is 18.0 Å². The molecule has 0 spiro atoms. The Morgan fingerprint density at radius 3 is 2.40 bits per heavy atom. The summed E-state index contributed by atoms with van der Waals surface area (Å²) in [4.78, 5) is 33.9. The van der Waals surface area contributed by atoms with Crippen LogP contribution >= 0.6 is 0 Å². The van der Waals surface area contributed by atoms with Gasteiger partial charge in [0.2, 0.25) is 5.95 Å².